The minimum atomic E-state index is 0.495. The van der Waals surface area contributed by atoms with E-state index in [9.17, 15) is 0 Å². The van der Waals surface area contributed by atoms with Gasteiger partial charge in [0, 0.05) is 30.4 Å². The standard InChI is InChI=1S/C19H18N2/c1-2-4-18-15(3-1)7-8-19(18)21-12-14-5-6-17-13-20-10-9-16(17)11-14/h1-6,9-11,13,19,21H,7-8,12H2. The Morgan fingerprint density at radius 3 is 3.00 bits per heavy atom. The lowest BCUT2D eigenvalue weighted by Gasteiger charge is -2.14. The van der Waals surface area contributed by atoms with E-state index in [2.05, 4.69) is 58.8 Å². The van der Waals surface area contributed by atoms with Crippen molar-refractivity contribution in [1.82, 2.24) is 10.3 Å². The SMILES string of the molecule is c1ccc2c(c1)CCC2NCc1ccc2cnccc2c1. The Hall–Kier alpha value is -2.19. The molecular formula is C19H18N2. The van der Waals surface area contributed by atoms with E-state index in [0.29, 0.717) is 6.04 Å². The van der Waals surface area contributed by atoms with Gasteiger partial charge in [0.25, 0.3) is 0 Å². The minimum absolute atomic E-state index is 0.495. The van der Waals surface area contributed by atoms with Crippen molar-refractivity contribution < 1.29 is 0 Å². The summed E-state index contributed by atoms with van der Waals surface area (Å²) in [5.74, 6) is 0. The summed E-state index contributed by atoms with van der Waals surface area (Å²) in [5, 5.41) is 6.16. The maximum Gasteiger partial charge on any atom is 0.0346 e. The first kappa shape index (κ1) is 12.5. The van der Waals surface area contributed by atoms with Crippen LogP contribution in [0.15, 0.2) is 60.9 Å². The fraction of sp³-hybridized carbons (Fsp3) is 0.211. The minimum Gasteiger partial charge on any atom is -0.306 e. The molecule has 2 heteroatoms. The monoisotopic (exact) mass is 274 g/mol. The number of aryl methyl sites for hydroxylation is 1. The summed E-state index contributed by atoms with van der Waals surface area (Å²) in [5.41, 5.74) is 4.31. The lowest BCUT2D eigenvalue weighted by atomic mass is 10.1. The number of nitrogens with one attached hydrogen (secondary N) is 1. The summed E-state index contributed by atoms with van der Waals surface area (Å²) in [6.45, 7) is 0.914. The molecule has 0 radical (unpaired) electrons. The predicted octanol–water partition coefficient (Wildman–Crippen LogP) is 4.01. The molecule has 21 heavy (non-hydrogen) atoms. The highest BCUT2D eigenvalue weighted by Gasteiger charge is 2.20. The van der Waals surface area contributed by atoms with E-state index in [4.69, 9.17) is 0 Å². The number of pyridine rings is 1. The second kappa shape index (κ2) is 5.30. The fourth-order valence-electron chi connectivity index (χ4n) is 3.25. The van der Waals surface area contributed by atoms with Gasteiger partial charge >= 0.3 is 0 Å². The average Bonchev–Trinajstić information content (AvgIpc) is 2.96. The van der Waals surface area contributed by atoms with E-state index in [1.165, 1.54) is 40.3 Å². The molecule has 0 saturated heterocycles. The lowest BCUT2D eigenvalue weighted by molar-refractivity contribution is 0.530. The van der Waals surface area contributed by atoms with Crippen molar-refractivity contribution in [3.63, 3.8) is 0 Å². The van der Waals surface area contributed by atoms with Gasteiger partial charge in [-0.25, -0.2) is 0 Å². The van der Waals surface area contributed by atoms with Gasteiger partial charge in [0.2, 0.25) is 0 Å². The van der Waals surface area contributed by atoms with Gasteiger partial charge in [-0.1, -0.05) is 36.4 Å². The van der Waals surface area contributed by atoms with Crippen LogP contribution < -0.4 is 5.32 Å². The molecule has 1 atom stereocenters. The van der Waals surface area contributed by atoms with Crippen LogP contribution in [-0.2, 0) is 13.0 Å². The molecule has 0 spiro atoms. The van der Waals surface area contributed by atoms with Crippen molar-refractivity contribution in [2.45, 2.75) is 25.4 Å². The quantitative estimate of drug-likeness (QED) is 0.780. The molecule has 1 aliphatic carbocycles. The molecule has 0 fully saturated rings. The second-order valence-electron chi connectivity index (χ2n) is 5.73. The Balaban J connectivity index is 1.51. The van der Waals surface area contributed by atoms with Gasteiger partial charge < -0.3 is 5.32 Å². The van der Waals surface area contributed by atoms with E-state index in [0.717, 1.165) is 6.54 Å². The summed E-state index contributed by atoms with van der Waals surface area (Å²) >= 11 is 0. The number of rotatable bonds is 3. The molecule has 0 saturated carbocycles. The zero-order chi connectivity index (χ0) is 14.1. The van der Waals surface area contributed by atoms with E-state index < -0.39 is 0 Å². The molecule has 1 heterocycles. The largest absolute Gasteiger partial charge is 0.306 e. The summed E-state index contributed by atoms with van der Waals surface area (Å²) in [6.07, 6.45) is 6.17. The highest BCUT2D eigenvalue weighted by Crippen LogP contribution is 2.31. The third kappa shape index (κ3) is 2.43. The van der Waals surface area contributed by atoms with E-state index >= 15 is 0 Å². The van der Waals surface area contributed by atoms with Crippen LogP contribution in [0.5, 0.6) is 0 Å². The molecule has 1 aliphatic rings. The Morgan fingerprint density at radius 1 is 1.05 bits per heavy atom. The Kier molecular flexibility index (Phi) is 3.17. The fourth-order valence-corrected chi connectivity index (χ4v) is 3.25. The molecule has 1 unspecified atom stereocenters. The third-order valence-corrected chi connectivity index (χ3v) is 4.39. The van der Waals surface area contributed by atoms with Crippen molar-refractivity contribution >= 4 is 10.8 Å². The number of fused-ring (bicyclic) bond motifs is 2. The molecule has 0 aliphatic heterocycles. The first-order valence-electron chi connectivity index (χ1n) is 7.54. The predicted molar refractivity (Wildman–Crippen MR) is 86.1 cm³/mol. The number of benzene rings is 2. The van der Waals surface area contributed by atoms with Crippen LogP contribution in [0.25, 0.3) is 10.8 Å². The molecule has 2 nitrogen and oxygen atoms in total. The topological polar surface area (TPSA) is 24.9 Å². The van der Waals surface area contributed by atoms with Crippen molar-refractivity contribution in [3.8, 4) is 0 Å². The number of aromatic nitrogens is 1. The molecular weight excluding hydrogens is 256 g/mol. The molecule has 2 aromatic carbocycles. The maximum atomic E-state index is 4.16. The Morgan fingerprint density at radius 2 is 2.00 bits per heavy atom. The summed E-state index contributed by atoms with van der Waals surface area (Å²) in [6, 6.07) is 18.0. The molecule has 0 bridgehead atoms. The maximum absolute atomic E-state index is 4.16. The van der Waals surface area contributed by atoms with Crippen molar-refractivity contribution in [2.24, 2.45) is 0 Å². The highest BCUT2D eigenvalue weighted by atomic mass is 14.9. The van der Waals surface area contributed by atoms with Crippen molar-refractivity contribution in [1.29, 1.82) is 0 Å². The third-order valence-electron chi connectivity index (χ3n) is 4.39. The van der Waals surface area contributed by atoms with Gasteiger partial charge in [-0.3, -0.25) is 4.98 Å². The van der Waals surface area contributed by atoms with Gasteiger partial charge in [-0.05, 0) is 47.1 Å². The van der Waals surface area contributed by atoms with E-state index in [1.54, 1.807) is 0 Å². The second-order valence-corrected chi connectivity index (χ2v) is 5.73. The molecule has 3 aromatic rings. The van der Waals surface area contributed by atoms with Crippen molar-refractivity contribution in [2.75, 3.05) is 0 Å². The van der Waals surface area contributed by atoms with Crippen LogP contribution >= 0.6 is 0 Å². The normalized spacial score (nSPS) is 17.0. The zero-order valence-corrected chi connectivity index (χ0v) is 11.9. The number of nitrogens with zero attached hydrogens (tertiary/aromatic N) is 1. The van der Waals surface area contributed by atoms with Crippen LogP contribution in [0.3, 0.4) is 0 Å². The molecule has 4 rings (SSSR count). The van der Waals surface area contributed by atoms with E-state index in [1.807, 2.05) is 12.4 Å². The van der Waals surface area contributed by atoms with Gasteiger partial charge in [0.15, 0.2) is 0 Å². The molecule has 1 N–H and O–H groups in total. The molecule has 0 amide bonds. The molecule has 104 valence electrons. The van der Waals surface area contributed by atoms with E-state index in [-0.39, 0.29) is 0 Å². The number of hydrogen-bond acceptors (Lipinski definition) is 2. The molecule has 1 aromatic heterocycles. The van der Waals surface area contributed by atoms with Gasteiger partial charge in [0.1, 0.15) is 0 Å². The Labute approximate surface area is 124 Å². The lowest BCUT2D eigenvalue weighted by Crippen LogP contribution is -2.18. The highest BCUT2D eigenvalue weighted by molar-refractivity contribution is 5.81. The summed E-state index contributed by atoms with van der Waals surface area (Å²) < 4.78 is 0. The summed E-state index contributed by atoms with van der Waals surface area (Å²) in [7, 11) is 0. The van der Waals surface area contributed by atoms with Crippen LogP contribution in [0, 0.1) is 0 Å². The zero-order valence-electron chi connectivity index (χ0n) is 11.9. The average molecular weight is 274 g/mol. The van der Waals surface area contributed by atoms with Gasteiger partial charge in [-0.15, -0.1) is 0 Å². The van der Waals surface area contributed by atoms with Crippen LogP contribution in [0.4, 0.5) is 0 Å². The number of hydrogen-bond donors (Lipinski definition) is 1. The van der Waals surface area contributed by atoms with Crippen LogP contribution in [0.1, 0.15) is 29.2 Å². The first-order chi connectivity index (χ1) is 10.4. The smallest absolute Gasteiger partial charge is 0.0346 e. The summed E-state index contributed by atoms with van der Waals surface area (Å²) in [4.78, 5) is 4.16. The van der Waals surface area contributed by atoms with Gasteiger partial charge in [-0.2, -0.15) is 0 Å². The van der Waals surface area contributed by atoms with Crippen LogP contribution in [-0.4, -0.2) is 4.98 Å². The van der Waals surface area contributed by atoms with Crippen LogP contribution in [0.2, 0.25) is 0 Å². The first-order valence-corrected chi connectivity index (χ1v) is 7.54. The Bertz CT molecular complexity index is 779. The van der Waals surface area contributed by atoms with Crippen molar-refractivity contribution in [3.05, 3.63) is 77.6 Å². The van der Waals surface area contributed by atoms with Gasteiger partial charge in [0.05, 0.1) is 0 Å².